The van der Waals surface area contributed by atoms with Crippen molar-refractivity contribution in [3.63, 3.8) is 0 Å². The third kappa shape index (κ3) is 10.6. The minimum Gasteiger partial charge on any atom is -0.392 e. The Labute approximate surface area is 248 Å². The van der Waals surface area contributed by atoms with Crippen LogP contribution in [-0.4, -0.2) is 54.2 Å². The van der Waals surface area contributed by atoms with Gasteiger partial charge >= 0.3 is 6.03 Å². The van der Waals surface area contributed by atoms with Crippen LogP contribution in [0.15, 0.2) is 78.9 Å². The second-order valence-electron chi connectivity index (χ2n) is 11.1. The molecular formula is C33H43N5O4. The third-order valence-corrected chi connectivity index (χ3v) is 6.83. The van der Waals surface area contributed by atoms with Gasteiger partial charge in [0.1, 0.15) is 6.04 Å². The van der Waals surface area contributed by atoms with Crippen LogP contribution in [0.3, 0.4) is 0 Å². The standard InChI is InChI=1S/C33H43N5O4/c1-23(39)21-36-33(2,3)20-30(40)37-29(19-16-24-10-6-5-7-11-24)31(41)35-22-25-14-17-26(18-15-25)27-12-8-9-13-28(27)38-32(42)34-4/h5-15,17-18,23,29,36,39H,16,19-22H2,1-4H3,(H,35,41)(H,37,40)(H2,34,38,42)/t23-,29-/m1/s1. The van der Waals surface area contributed by atoms with Crippen molar-refractivity contribution in [2.24, 2.45) is 0 Å². The van der Waals surface area contributed by atoms with Crippen molar-refractivity contribution >= 4 is 23.5 Å². The molecule has 224 valence electrons. The normalized spacial score (nSPS) is 12.6. The van der Waals surface area contributed by atoms with Gasteiger partial charge < -0.3 is 31.7 Å². The third-order valence-electron chi connectivity index (χ3n) is 6.83. The van der Waals surface area contributed by atoms with E-state index in [0.29, 0.717) is 31.6 Å². The summed E-state index contributed by atoms with van der Waals surface area (Å²) in [6.07, 6.45) is 0.727. The van der Waals surface area contributed by atoms with E-state index in [9.17, 15) is 19.5 Å². The lowest BCUT2D eigenvalue weighted by atomic mass is 9.98. The highest BCUT2D eigenvalue weighted by Crippen LogP contribution is 2.28. The number of nitrogens with one attached hydrogen (secondary N) is 5. The van der Waals surface area contributed by atoms with E-state index in [0.717, 1.165) is 22.3 Å². The molecule has 4 amide bonds. The Morgan fingerprint density at radius 3 is 2.21 bits per heavy atom. The molecule has 0 spiro atoms. The second-order valence-corrected chi connectivity index (χ2v) is 11.1. The number of hydrogen-bond donors (Lipinski definition) is 6. The molecule has 3 aromatic carbocycles. The van der Waals surface area contributed by atoms with Gasteiger partial charge in [0.25, 0.3) is 0 Å². The van der Waals surface area contributed by atoms with Crippen LogP contribution in [0.4, 0.5) is 10.5 Å². The van der Waals surface area contributed by atoms with Gasteiger partial charge in [-0.2, -0.15) is 0 Å². The van der Waals surface area contributed by atoms with Gasteiger partial charge in [-0.3, -0.25) is 9.59 Å². The van der Waals surface area contributed by atoms with Gasteiger partial charge in [-0.1, -0.05) is 72.8 Å². The number of para-hydroxylation sites is 1. The number of β-amino-alcohol motifs (C(OH)–C–C–N with tert-alkyl or cyclic N) is 1. The van der Waals surface area contributed by atoms with E-state index in [1.54, 1.807) is 14.0 Å². The number of rotatable bonds is 14. The molecule has 0 saturated carbocycles. The van der Waals surface area contributed by atoms with E-state index in [4.69, 9.17) is 0 Å². The predicted molar refractivity (Wildman–Crippen MR) is 167 cm³/mol. The molecule has 0 bridgehead atoms. The molecule has 0 aliphatic rings. The first-order valence-corrected chi connectivity index (χ1v) is 14.3. The van der Waals surface area contributed by atoms with Crippen molar-refractivity contribution in [2.45, 2.75) is 64.3 Å². The molecule has 9 heteroatoms. The molecule has 3 aromatic rings. The second kappa shape index (κ2) is 15.7. The van der Waals surface area contributed by atoms with Crippen molar-refractivity contribution in [1.29, 1.82) is 0 Å². The highest BCUT2D eigenvalue weighted by atomic mass is 16.3. The fourth-order valence-electron chi connectivity index (χ4n) is 4.50. The summed E-state index contributed by atoms with van der Waals surface area (Å²) >= 11 is 0. The van der Waals surface area contributed by atoms with Crippen LogP contribution in [0.1, 0.15) is 44.7 Å². The summed E-state index contributed by atoms with van der Waals surface area (Å²) in [5, 5.41) is 24.1. The van der Waals surface area contributed by atoms with Crippen molar-refractivity contribution in [3.8, 4) is 11.1 Å². The first kappa shape index (κ1) is 32.3. The summed E-state index contributed by atoms with van der Waals surface area (Å²) < 4.78 is 0. The number of carbonyl (C=O) groups is 3. The van der Waals surface area contributed by atoms with Gasteiger partial charge in [0.2, 0.25) is 11.8 Å². The van der Waals surface area contributed by atoms with E-state index in [2.05, 4.69) is 26.6 Å². The Bertz CT molecular complexity index is 1310. The molecule has 3 rings (SSSR count). The topological polar surface area (TPSA) is 132 Å². The summed E-state index contributed by atoms with van der Waals surface area (Å²) in [7, 11) is 1.57. The summed E-state index contributed by atoms with van der Waals surface area (Å²) in [4.78, 5) is 38.1. The maximum absolute atomic E-state index is 13.3. The fraction of sp³-hybridized carbons (Fsp3) is 0.364. The van der Waals surface area contributed by atoms with Crippen LogP contribution in [0.5, 0.6) is 0 Å². The number of aryl methyl sites for hydroxylation is 1. The average Bonchev–Trinajstić information content (AvgIpc) is 2.98. The lowest BCUT2D eigenvalue weighted by molar-refractivity contribution is -0.129. The van der Waals surface area contributed by atoms with Crippen molar-refractivity contribution in [1.82, 2.24) is 21.3 Å². The molecular weight excluding hydrogens is 530 g/mol. The molecule has 0 unspecified atom stereocenters. The quantitative estimate of drug-likeness (QED) is 0.174. The van der Waals surface area contributed by atoms with Crippen LogP contribution in [-0.2, 0) is 22.6 Å². The van der Waals surface area contributed by atoms with Crippen LogP contribution in [0.2, 0.25) is 0 Å². The maximum atomic E-state index is 13.3. The van der Waals surface area contributed by atoms with Crippen molar-refractivity contribution in [3.05, 3.63) is 90.0 Å². The van der Waals surface area contributed by atoms with Gasteiger partial charge in [0, 0.05) is 37.7 Å². The molecule has 0 saturated heterocycles. The Morgan fingerprint density at radius 1 is 0.881 bits per heavy atom. The lowest BCUT2D eigenvalue weighted by Gasteiger charge is -2.28. The van der Waals surface area contributed by atoms with Crippen LogP contribution < -0.4 is 26.6 Å². The molecule has 0 aliphatic heterocycles. The molecule has 0 fully saturated rings. The molecule has 0 aromatic heterocycles. The number of aliphatic hydroxyl groups is 1. The zero-order valence-corrected chi connectivity index (χ0v) is 24.9. The summed E-state index contributed by atoms with van der Waals surface area (Å²) in [6.45, 7) is 6.14. The summed E-state index contributed by atoms with van der Waals surface area (Å²) in [5.74, 6) is -0.488. The van der Waals surface area contributed by atoms with Gasteiger partial charge in [0.05, 0.1) is 11.8 Å². The summed E-state index contributed by atoms with van der Waals surface area (Å²) in [6, 6.07) is 24.2. The number of aliphatic hydroxyl groups excluding tert-OH is 1. The number of urea groups is 1. The highest BCUT2D eigenvalue weighted by molar-refractivity contribution is 5.94. The molecule has 9 nitrogen and oxygen atoms in total. The molecule has 0 heterocycles. The van der Waals surface area contributed by atoms with Crippen LogP contribution in [0.25, 0.3) is 11.1 Å². The lowest BCUT2D eigenvalue weighted by Crippen LogP contribution is -2.51. The minimum atomic E-state index is -0.702. The smallest absolute Gasteiger partial charge is 0.318 e. The van der Waals surface area contributed by atoms with E-state index >= 15 is 0 Å². The van der Waals surface area contributed by atoms with Crippen LogP contribution >= 0.6 is 0 Å². The number of amides is 4. The highest BCUT2D eigenvalue weighted by Gasteiger charge is 2.26. The number of anilines is 1. The van der Waals surface area contributed by atoms with Gasteiger partial charge in [-0.05, 0) is 56.4 Å². The Balaban J connectivity index is 1.65. The number of benzene rings is 3. The zero-order valence-electron chi connectivity index (χ0n) is 24.9. The van der Waals surface area contributed by atoms with Crippen molar-refractivity contribution < 1.29 is 19.5 Å². The fourth-order valence-corrected chi connectivity index (χ4v) is 4.50. The Hall–Kier alpha value is -4.21. The average molecular weight is 574 g/mol. The predicted octanol–water partition coefficient (Wildman–Crippen LogP) is 3.98. The van der Waals surface area contributed by atoms with E-state index in [-0.39, 0.29) is 24.3 Å². The molecule has 42 heavy (non-hydrogen) atoms. The summed E-state index contributed by atoms with van der Waals surface area (Å²) in [5.41, 5.74) is 3.95. The van der Waals surface area contributed by atoms with Crippen molar-refractivity contribution in [2.75, 3.05) is 18.9 Å². The molecule has 0 aliphatic carbocycles. The Kier molecular flexibility index (Phi) is 12.1. The van der Waals surface area contributed by atoms with Crippen LogP contribution in [0, 0.1) is 0 Å². The zero-order chi connectivity index (χ0) is 30.5. The van der Waals surface area contributed by atoms with E-state index < -0.39 is 17.7 Å². The molecule has 6 N–H and O–H groups in total. The first-order valence-electron chi connectivity index (χ1n) is 14.3. The SMILES string of the molecule is CNC(=O)Nc1ccccc1-c1ccc(CNC(=O)[C@@H](CCc2ccccc2)NC(=O)CC(C)(C)NC[C@@H](C)O)cc1. The van der Waals surface area contributed by atoms with Gasteiger partial charge in [0.15, 0.2) is 0 Å². The van der Waals surface area contributed by atoms with E-state index in [1.165, 1.54) is 0 Å². The van der Waals surface area contributed by atoms with Gasteiger partial charge in [-0.25, -0.2) is 4.79 Å². The molecule has 2 atom stereocenters. The molecule has 0 radical (unpaired) electrons. The number of carbonyl (C=O) groups excluding carboxylic acids is 3. The maximum Gasteiger partial charge on any atom is 0.318 e. The monoisotopic (exact) mass is 573 g/mol. The first-order chi connectivity index (χ1) is 20.1. The van der Waals surface area contributed by atoms with Gasteiger partial charge in [-0.15, -0.1) is 0 Å². The van der Waals surface area contributed by atoms with E-state index in [1.807, 2.05) is 92.7 Å². The largest absolute Gasteiger partial charge is 0.392 e. The minimum absolute atomic E-state index is 0.159. The Morgan fingerprint density at radius 2 is 1.55 bits per heavy atom. The number of hydrogen-bond acceptors (Lipinski definition) is 5.